The quantitative estimate of drug-likeness (QED) is 0.748. The van der Waals surface area contributed by atoms with Gasteiger partial charge in [-0.25, -0.2) is 9.59 Å². The smallest absolute Gasteiger partial charge is 0.411 e. The second kappa shape index (κ2) is 6.02. The largest absolute Gasteiger partial charge is 0.464 e. The van der Waals surface area contributed by atoms with Gasteiger partial charge >= 0.3 is 12.1 Å². The Balaban J connectivity index is 3.04. The highest BCUT2D eigenvalue weighted by atomic mass is 16.6. The molecule has 0 unspecified atom stereocenters. The van der Waals surface area contributed by atoms with Crippen molar-refractivity contribution in [2.45, 2.75) is 65.5 Å². The molecule has 0 radical (unpaired) electrons. The molecule has 1 heterocycles. The van der Waals surface area contributed by atoms with Crippen molar-refractivity contribution in [1.82, 2.24) is 4.90 Å². The van der Waals surface area contributed by atoms with E-state index in [0.717, 1.165) is 6.42 Å². The predicted octanol–water partition coefficient (Wildman–Crippen LogP) is 2.98. The number of carbonyl (C=O) groups excluding carboxylic acids is 2. The molecule has 1 aliphatic rings. The summed E-state index contributed by atoms with van der Waals surface area (Å²) in [7, 11) is 0. The standard InChI is InChI=1S/C15H27NO4/c1-7-19-12(17)15(11(2)3)9-8-10-16(15)13(18)20-14(4,5)6/h11H,7-10H2,1-6H3/t15-/m0/s1. The fourth-order valence-corrected chi connectivity index (χ4v) is 2.72. The molecule has 0 aromatic carbocycles. The lowest BCUT2D eigenvalue weighted by Gasteiger charge is -2.39. The summed E-state index contributed by atoms with van der Waals surface area (Å²) in [5.41, 5.74) is -1.46. The number of amides is 1. The maximum Gasteiger partial charge on any atom is 0.411 e. The zero-order valence-electron chi connectivity index (χ0n) is 13.5. The Morgan fingerprint density at radius 3 is 2.35 bits per heavy atom. The Morgan fingerprint density at radius 1 is 1.30 bits per heavy atom. The van der Waals surface area contributed by atoms with Crippen LogP contribution in [0.1, 0.15) is 54.4 Å². The van der Waals surface area contributed by atoms with Gasteiger partial charge in [0.1, 0.15) is 11.1 Å². The summed E-state index contributed by atoms with van der Waals surface area (Å²) in [6.07, 6.45) is 0.982. The molecule has 5 heteroatoms. The molecule has 1 amide bonds. The monoisotopic (exact) mass is 285 g/mol. The summed E-state index contributed by atoms with van der Waals surface area (Å²) in [6.45, 7) is 12.0. The number of carbonyl (C=O) groups is 2. The number of esters is 1. The highest BCUT2D eigenvalue weighted by molar-refractivity contribution is 5.87. The molecule has 1 aliphatic heterocycles. The lowest BCUT2D eigenvalue weighted by atomic mass is 9.84. The van der Waals surface area contributed by atoms with Gasteiger partial charge in [-0.3, -0.25) is 4.90 Å². The van der Waals surface area contributed by atoms with Crippen LogP contribution >= 0.6 is 0 Å². The molecule has 5 nitrogen and oxygen atoms in total. The maximum absolute atomic E-state index is 12.4. The molecule has 1 fully saturated rings. The Morgan fingerprint density at radius 2 is 1.90 bits per heavy atom. The number of hydrogen-bond donors (Lipinski definition) is 0. The van der Waals surface area contributed by atoms with Crippen molar-refractivity contribution in [3.63, 3.8) is 0 Å². The van der Waals surface area contributed by atoms with Crippen LogP contribution in [0, 0.1) is 5.92 Å². The van der Waals surface area contributed by atoms with Gasteiger partial charge in [0, 0.05) is 6.54 Å². The van der Waals surface area contributed by atoms with Crippen LogP contribution in [0.3, 0.4) is 0 Å². The Kier molecular flexibility index (Phi) is 5.05. The van der Waals surface area contributed by atoms with Gasteiger partial charge in [-0.2, -0.15) is 0 Å². The first-order valence-corrected chi connectivity index (χ1v) is 7.33. The van der Waals surface area contributed by atoms with Gasteiger partial charge in [0.05, 0.1) is 6.61 Å². The van der Waals surface area contributed by atoms with Gasteiger partial charge in [0.2, 0.25) is 0 Å². The highest BCUT2D eigenvalue weighted by Crippen LogP contribution is 2.38. The minimum absolute atomic E-state index is 0.0171. The lowest BCUT2D eigenvalue weighted by molar-refractivity contribution is -0.158. The average Bonchev–Trinajstić information content (AvgIpc) is 2.72. The Labute approximate surface area is 121 Å². The van der Waals surface area contributed by atoms with Crippen LogP contribution in [0.4, 0.5) is 4.79 Å². The lowest BCUT2D eigenvalue weighted by Crippen LogP contribution is -2.58. The summed E-state index contributed by atoms with van der Waals surface area (Å²) in [5.74, 6) is -0.338. The molecule has 0 aromatic rings. The van der Waals surface area contributed by atoms with Crippen molar-refractivity contribution in [2.75, 3.05) is 13.2 Å². The molecule has 116 valence electrons. The van der Waals surface area contributed by atoms with E-state index in [1.165, 1.54) is 0 Å². The molecule has 0 bridgehead atoms. The van der Waals surface area contributed by atoms with E-state index in [9.17, 15) is 9.59 Å². The second-order valence-corrected chi connectivity index (χ2v) is 6.53. The van der Waals surface area contributed by atoms with E-state index in [1.54, 1.807) is 11.8 Å². The fraction of sp³-hybridized carbons (Fsp3) is 0.867. The van der Waals surface area contributed by atoms with Crippen LogP contribution in [0.2, 0.25) is 0 Å². The van der Waals surface area contributed by atoms with Crippen molar-refractivity contribution in [2.24, 2.45) is 5.92 Å². The van der Waals surface area contributed by atoms with Gasteiger partial charge in [0.25, 0.3) is 0 Å². The molecule has 0 spiro atoms. The number of hydrogen-bond acceptors (Lipinski definition) is 4. The zero-order chi connectivity index (χ0) is 15.6. The minimum Gasteiger partial charge on any atom is -0.464 e. The van der Waals surface area contributed by atoms with Gasteiger partial charge in [-0.1, -0.05) is 13.8 Å². The van der Waals surface area contributed by atoms with Crippen molar-refractivity contribution in [3.8, 4) is 0 Å². The summed E-state index contributed by atoms with van der Waals surface area (Å²) >= 11 is 0. The Bertz CT molecular complexity index is 373. The highest BCUT2D eigenvalue weighted by Gasteiger charge is 2.54. The van der Waals surface area contributed by atoms with Crippen LogP contribution in [-0.2, 0) is 14.3 Å². The van der Waals surface area contributed by atoms with E-state index >= 15 is 0 Å². The second-order valence-electron chi connectivity index (χ2n) is 6.53. The van der Waals surface area contributed by atoms with Crippen LogP contribution in [0.5, 0.6) is 0 Å². The van der Waals surface area contributed by atoms with Gasteiger partial charge < -0.3 is 9.47 Å². The molecule has 1 atom stereocenters. The first-order chi connectivity index (χ1) is 9.15. The molecular weight excluding hydrogens is 258 g/mol. The van der Waals surface area contributed by atoms with Crippen molar-refractivity contribution in [3.05, 3.63) is 0 Å². The maximum atomic E-state index is 12.4. The third kappa shape index (κ3) is 3.25. The summed E-state index contributed by atoms with van der Waals surface area (Å²) < 4.78 is 10.6. The third-order valence-corrected chi connectivity index (χ3v) is 3.62. The predicted molar refractivity (Wildman–Crippen MR) is 76.4 cm³/mol. The molecule has 0 aliphatic carbocycles. The topological polar surface area (TPSA) is 55.8 Å². The van der Waals surface area contributed by atoms with E-state index in [-0.39, 0.29) is 11.9 Å². The summed E-state index contributed by atoms with van der Waals surface area (Å²) in [5, 5.41) is 0. The van der Waals surface area contributed by atoms with Crippen molar-refractivity contribution < 1.29 is 19.1 Å². The SMILES string of the molecule is CCOC(=O)[C@@]1(C(C)C)CCCN1C(=O)OC(C)(C)C. The zero-order valence-corrected chi connectivity index (χ0v) is 13.5. The van der Waals surface area contributed by atoms with Crippen LogP contribution in [-0.4, -0.2) is 41.3 Å². The fourth-order valence-electron chi connectivity index (χ4n) is 2.72. The van der Waals surface area contributed by atoms with E-state index in [4.69, 9.17) is 9.47 Å². The number of likely N-dealkylation sites (tertiary alicyclic amines) is 1. The number of ether oxygens (including phenoxy) is 2. The molecule has 1 saturated heterocycles. The van der Waals surface area contributed by atoms with Crippen LogP contribution in [0.15, 0.2) is 0 Å². The van der Waals surface area contributed by atoms with Crippen LogP contribution in [0.25, 0.3) is 0 Å². The van der Waals surface area contributed by atoms with Gasteiger partial charge in [-0.15, -0.1) is 0 Å². The van der Waals surface area contributed by atoms with Crippen molar-refractivity contribution >= 4 is 12.1 Å². The Hall–Kier alpha value is -1.26. The van der Waals surface area contributed by atoms with Crippen LogP contribution < -0.4 is 0 Å². The third-order valence-electron chi connectivity index (χ3n) is 3.62. The first kappa shape index (κ1) is 16.8. The normalized spacial score (nSPS) is 23.1. The van der Waals surface area contributed by atoms with Gasteiger partial charge in [-0.05, 0) is 46.5 Å². The molecule has 1 rings (SSSR count). The molecular formula is C15H27NO4. The number of nitrogens with zero attached hydrogens (tertiary/aromatic N) is 1. The van der Waals surface area contributed by atoms with E-state index in [2.05, 4.69) is 0 Å². The molecule has 0 aromatic heterocycles. The van der Waals surface area contributed by atoms with E-state index < -0.39 is 17.2 Å². The molecule has 0 saturated carbocycles. The molecule has 0 N–H and O–H groups in total. The minimum atomic E-state index is -0.891. The summed E-state index contributed by atoms with van der Waals surface area (Å²) in [4.78, 5) is 26.4. The van der Waals surface area contributed by atoms with Crippen molar-refractivity contribution in [1.29, 1.82) is 0 Å². The van der Waals surface area contributed by atoms with Gasteiger partial charge in [0.15, 0.2) is 0 Å². The first-order valence-electron chi connectivity index (χ1n) is 7.33. The molecule has 20 heavy (non-hydrogen) atoms. The number of rotatable bonds is 3. The average molecular weight is 285 g/mol. The van der Waals surface area contributed by atoms with E-state index in [0.29, 0.717) is 19.6 Å². The summed E-state index contributed by atoms with van der Waals surface area (Å²) in [6, 6.07) is 0. The van der Waals surface area contributed by atoms with E-state index in [1.807, 2.05) is 34.6 Å².